The molecule has 23 heavy (non-hydrogen) atoms. The number of anilines is 1. The third-order valence-corrected chi connectivity index (χ3v) is 3.18. The van der Waals surface area contributed by atoms with Gasteiger partial charge in [0.25, 0.3) is 5.69 Å². The lowest BCUT2D eigenvalue weighted by Crippen LogP contribution is -2.36. The van der Waals surface area contributed by atoms with Crippen molar-refractivity contribution >= 4 is 17.4 Å². The Labute approximate surface area is 133 Å². The van der Waals surface area contributed by atoms with E-state index in [0.29, 0.717) is 12.2 Å². The van der Waals surface area contributed by atoms with Gasteiger partial charge in [-0.3, -0.25) is 10.1 Å². The predicted molar refractivity (Wildman–Crippen MR) is 86.1 cm³/mol. The molecule has 0 aliphatic rings. The lowest BCUT2D eigenvalue weighted by atomic mass is 10.2. The van der Waals surface area contributed by atoms with Crippen molar-refractivity contribution in [3.63, 3.8) is 0 Å². The number of carbonyl (C=O) groups is 1. The van der Waals surface area contributed by atoms with E-state index in [4.69, 9.17) is 5.11 Å². The van der Waals surface area contributed by atoms with Crippen molar-refractivity contribution in [2.75, 3.05) is 18.5 Å². The summed E-state index contributed by atoms with van der Waals surface area (Å²) in [6.45, 7) is 0.326. The molecule has 7 heteroatoms. The van der Waals surface area contributed by atoms with Crippen LogP contribution in [0.1, 0.15) is 5.56 Å². The van der Waals surface area contributed by atoms with Gasteiger partial charge in [-0.25, -0.2) is 4.79 Å². The number of aliphatic hydroxyl groups excluding tert-OH is 1. The van der Waals surface area contributed by atoms with E-state index in [9.17, 15) is 14.9 Å². The number of urea groups is 1. The molecule has 2 aromatic rings. The van der Waals surface area contributed by atoms with Gasteiger partial charge in [0.05, 0.1) is 11.5 Å². The highest BCUT2D eigenvalue weighted by molar-refractivity contribution is 5.89. The first-order valence-corrected chi connectivity index (χ1v) is 7.05. The Balaban J connectivity index is 2.09. The molecule has 2 amide bonds. The minimum atomic E-state index is -0.523. The van der Waals surface area contributed by atoms with Crippen molar-refractivity contribution in [2.45, 2.75) is 6.54 Å². The first kappa shape index (κ1) is 16.4. The zero-order chi connectivity index (χ0) is 16.7. The molecule has 2 N–H and O–H groups in total. The molecule has 0 saturated carbocycles. The molecule has 0 aromatic heterocycles. The predicted octanol–water partition coefficient (Wildman–Crippen LogP) is 2.62. The van der Waals surface area contributed by atoms with Gasteiger partial charge >= 0.3 is 6.03 Å². The van der Waals surface area contributed by atoms with Gasteiger partial charge in [-0.1, -0.05) is 36.4 Å². The molecule has 0 aliphatic heterocycles. The topological polar surface area (TPSA) is 95.7 Å². The summed E-state index contributed by atoms with van der Waals surface area (Å²) >= 11 is 0. The smallest absolute Gasteiger partial charge is 0.322 e. The van der Waals surface area contributed by atoms with Crippen LogP contribution in [0, 0.1) is 10.1 Å². The van der Waals surface area contributed by atoms with Gasteiger partial charge in [-0.2, -0.15) is 0 Å². The van der Waals surface area contributed by atoms with Crippen molar-refractivity contribution in [2.24, 2.45) is 0 Å². The fourth-order valence-corrected chi connectivity index (χ4v) is 2.08. The van der Waals surface area contributed by atoms with Crippen LogP contribution in [0.15, 0.2) is 54.6 Å². The third-order valence-electron chi connectivity index (χ3n) is 3.18. The Bertz CT molecular complexity index is 676. The molecule has 0 saturated heterocycles. The SMILES string of the molecule is O=C(Nc1cccc([N+](=O)[O-])c1)N(CCO)Cc1ccccc1. The molecule has 0 aliphatic carbocycles. The maximum Gasteiger partial charge on any atom is 0.322 e. The highest BCUT2D eigenvalue weighted by atomic mass is 16.6. The molecule has 0 spiro atoms. The van der Waals surface area contributed by atoms with Crippen LogP contribution in [0.4, 0.5) is 16.2 Å². The van der Waals surface area contributed by atoms with E-state index in [1.165, 1.54) is 23.1 Å². The second-order valence-electron chi connectivity index (χ2n) is 4.87. The Morgan fingerprint density at radius 3 is 2.57 bits per heavy atom. The number of nitrogens with zero attached hydrogens (tertiary/aromatic N) is 2. The number of nitrogens with one attached hydrogen (secondary N) is 1. The Morgan fingerprint density at radius 1 is 1.17 bits per heavy atom. The Kier molecular flexibility index (Phi) is 5.65. The van der Waals surface area contributed by atoms with E-state index < -0.39 is 11.0 Å². The largest absolute Gasteiger partial charge is 0.395 e. The standard InChI is InChI=1S/C16H17N3O4/c20-10-9-18(12-13-5-2-1-3-6-13)16(21)17-14-7-4-8-15(11-14)19(22)23/h1-8,11,20H,9-10,12H2,(H,17,21). The fourth-order valence-electron chi connectivity index (χ4n) is 2.08. The number of rotatable bonds is 6. The zero-order valence-electron chi connectivity index (χ0n) is 12.4. The van der Waals surface area contributed by atoms with E-state index in [2.05, 4.69) is 5.32 Å². The minimum absolute atomic E-state index is 0.0976. The van der Waals surface area contributed by atoms with Crippen LogP contribution in [0.2, 0.25) is 0 Å². The molecular formula is C16H17N3O4. The van der Waals surface area contributed by atoms with Crippen LogP contribution >= 0.6 is 0 Å². The Hall–Kier alpha value is -2.93. The number of nitro benzene ring substituents is 1. The maximum atomic E-state index is 12.3. The lowest BCUT2D eigenvalue weighted by Gasteiger charge is -2.22. The van der Waals surface area contributed by atoms with Crippen molar-refractivity contribution in [3.8, 4) is 0 Å². The first-order chi connectivity index (χ1) is 11.1. The van der Waals surface area contributed by atoms with E-state index in [1.807, 2.05) is 30.3 Å². The number of hydrogen-bond acceptors (Lipinski definition) is 4. The summed E-state index contributed by atoms with van der Waals surface area (Å²) in [7, 11) is 0. The monoisotopic (exact) mass is 315 g/mol. The maximum absolute atomic E-state index is 12.3. The number of non-ortho nitro benzene ring substituents is 1. The van der Waals surface area contributed by atoms with Crippen LogP contribution in [-0.4, -0.2) is 34.1 Å². The summed E-state index contributed by atoms with van der Waals surface area (Å²) in [6, 6.07) is 14.7. The molecule has 0 bridgehead atoms. The van der Waals surface area contributed by atoms with Gasteiger partial charge in [-0.15, -0.1) is 0 Å². The lowest BCUT2D eigenvalue weighted by molar-refractivity contribution is -0.384. The van der Waals surface area contributed by atoms with Crippen LogP contribution in [-0.2, 0) is 6.54 Å². The second-order valence-corrected chi connectivity index (χ2v) is 4.87. The average molecular weight is 315 g/mol. The third kappa shape index (κ3) is 4.79. The van der Waals surface area contributed by atoms with E-state index in [-0.39, 0.29) is 18.8 Å². The molecule has 0 atom stereocenters. The Morgan fingerprint density at radius 2 is 1.91 bits per heavy atom. The van der Waals surface area contributed by atoms with Gasteiger partial charge in [0.1, 0.15) is 0 Å². The van der Waals surface area contributed by atoms with Crippen LogP contribution in [0.5, 0.6) is 0 Å². The van der Waals surface area contributed by atoms with Crippen LogP contribution in [0.25, 0.3) is 0 Å². The molecule has 0 radical (unpaired) electrons. The van der Waals surface area contributed by atoms with E-state index in [1.54, 1.807) is 6.07 Å². The average Bonchev–Trinajstić information content (AvgIpc) is 2.55. The molecule has 0 fully saturated rings. The number of benzene rings is 2. The van der Waals surface area contributed by atoms with Gasteiger partial charge in [0, 0.05) is 30.9 Å². The normalized spacial score (nSPS) is 10.1. The van der Waals surface area contributed by atoms with Gasteiger partial charge < -0.3 is 15.3 Å². The first-order valence-electron chi connectivity index (χ1n) is 7.05. The molecule has 0 unspecified atom stereocenters. The quantitative estimate of drug-likeness (QED) is 0.632. The zero-order valence-corrected chi connectivity index (χ0v) is 12.4. The summed E-state index contributed by atoms with van der Waals surface area (Å²) in [5.74, 6) is 0. The minimum Gasteiger partial charge on any atom is -0.395 e. The molecular weight excluding hydrogens is 298 g/mol. The van der Waals surface area contributed by atoms with Crippen molar-refractivity contribution in [1.82, 2.24) is 4.90 Å². The number of hydrogen-bond donors (Lipinski definition) is 2. The summed E-state index contributed by atoms with van der Waals surface area (Å²) in [4.78, 5) is 24.0. The van der Waals surface area contributed by atoms with Crippen molar-refractivity contribution in [1.29, 1.82) is 0 Å². The number of carbonyl (C=O) groups excluding carboxylic acids is 1. The summed E-state index contributed by atoms with van der Waals surface area (Å²) < 4.78 is 0. The van der Waals surface area contributed by atoms with Crippen LogP contribution in [0.3, 0.4) is 0 Å². The second kappa shape index (κ2) is 7.90. The van der Waals surface area contributed by atoms with Gasteiger partial charge in [-0.05, 0) is 11.6 Å². The highest BCUT2D eigenvalue weighted by Gasteiger charge is 2.15. The van der Waals surface area contributed by atoms with Gasteiger partial charge in [0.2, 0.25) is 0 Å². The van der Waals surface area contributed by atoms with Crippen molar-refractivity contribution < 1.29 is 14.8 Å². The van der Waals surface area contributed by atoms with E-state index in [0.717, 1.165) is 5.56 Å². The summed E-state index contributed by atoms with van der Waals surface area (Å²) in [6.07, 6.45) is 0. The number of aliphatic hydroxyl groups is 1. The molecule has 2 rings (SSSR count). The summed E-state index contributed by atoms with van der Waals surface area (Å²) in [5, 5.41) is 22.5. The van der Waals surface area contributed by atoms with Gasteiger partial charge in [0.15, 0.2) is 0 Å². The highest BCUT2D eigenvalue weighted by Crippen LogP contribution is 2.17. The van der Waals surface area contributed by atoms with E-state index >= 15 is 0 Å². The molecule has 0 heterocycles. The van der Waals surface area contributed by atoms with Crippen molar-refractivity contribution in [3.05, 3.63) is 70.3 Å². The number of nitro groups is 1. The van der Waals surface area contributed by atoms with Crippen LogP contribution < -0.4 is 5.32 Å². The summed E-state index contributed by atoms with van der Waals surface area (Å²) in [5.41, 5.74) is 1.16. The number of amides is 2. The molecule has 2 aromatic carbocycles. The molecule has 120 valence electrons. The fraction of sp³-hybridized carbons (Fsp3) is 0.188. The molecule has 7 nitrogen and oxygen atoms in total.